The number of aromatic nitrogens is 1. The minimum absolute atomic E-state index is 0.0277. The van der Waals surface area contributed by atoms with Crippen LogP contribution in [0.3, 0.4) is 0 Å². The molecule has 148 valence electrons. The van der Waals surface area contributed by atoms with Crippen LogP contribution in [0, 0.1) is 0 Å². The summed E-state index contributed by atoms with van der Waals surface area (Å²) in [6.07, 6.45) is 0.0277. The van der Waals surface area contributed by atoms with Crippen molar-refractivity contribution in [2.24, 2.45) is 4.99 Å². The summed E-state index contributed by atoms with van der Waals surface area (Å²) in [5, 5.41) is 6.46. The second kappa shape index (κ2) is 10.3. The van der Waals surface area contributed by atoms with Crippen molar-refractivity contribution in [2.75, 3.05) is 39.7 Å². The van der Waals surface area contributed by atoms with Crippen LogP contribution in [0.4, 0.5) is 5.69 Å². The van der Waals surface area contributed by atoms with Crippen LogP contribution in [-0.2, 0) is 17.8 Å². The minimum Gasteiger partial charge on any atom is -0.378 e. The molecule has 27 heavy (non-hydrogen) atoms. The predicted octanol–water partition coefficient (Wildman–Crippen LogP) is 3.51. The summed E-state index contributed by atoms with van der Waals surface area (Å²) in [4.78, 5) is 13.7. The minimum atomic E-state index is 0.0277. The van der Waals surface area contributed by atoms with Gasteiger partial charge in [-0.3, -0.25) is 0 Å². The second-order valence-electron chi connectivity index (χ2n) is 6.65. The van der Waals surface area contributed by atoms with Crippen molar-refractivity contribution < 1.29 is 4.74 Å². The summed E-state index contributed by atoms with van der Waals surface area (Å²) >= 11 is 1.64. The molecule has 0 bridgehead atoms. The van der Waals surface area contributed by atoms with Gasteiger partial charge in [0.1, 0.15) is 11.1 Å². The zero-order valence-corrected chi connectivity index (χ0v) is 18.0. The van der Waals surface area contributed by atoms with Crippen molar-refractivity contribution in [2.45, 2.75) is 33.0 Å². The molecule has 1 heterocycles. The molecular weight excluding hydrogens is 358 g/mol. The van der Waals surface area contributed by atoms with Crippen LogP contribution in [0.1, 0.15) is 36.2 Å². The normalized spacial score (nSPS) is 12.7. The van der Waals surface area contributed by atoms with Gasteiger partial charge in [-0.15, -0.1) is 11.3 Å². The first-order valence-electron chi connectivity index (χ1n) is 9.17. The molecule has 0 spiro atoms. The van der Waals surface area contributed by atoms with Crippen LogP contribution in [0.25, 0.3) is 0 Å². The number of guanidine groups is 1. The Bertz CT molecular complexity index is 743. The van der Waals surface area contributed by atoms with E-state index in [4.69, 9.17) is 9.73 Å². The lowest BCUT2D eigenvalue weighted by Gasteiger charge is -2.21. The molecule has 2 aromatic rings. The van der Waals surface area contributed by atoms with Gasteiger partial charge in [0.25, 0.3) is 0 Å². The van der Waals surface area contributed by atoms with Crippen LogP contribution in [0.2, 0.25) is 0 Å². The number of anilines is 1. The number of aliphatic imine (C=N–C) groups is 1. The average Bonchev–Trinajstić information content (AvgIpc) is 3.13. The lowest BCUT2D eigenvalue weighted by Crippen LogP contribution is -2.38. The highest BCUT2D eigenvalue weighted by atomic mass is 32.1. The van der Waals surface area contributed by atoms with Gasteiger partial charge < -0.3 is 19.9 Å². The number of methoxy groups -OCH3 is 1. The standard InChI is InChI=1S/C20H31N5OS/c1-7-21-20(22-12-16-9-8-10-18(11-16)24(3)4)25(5)13-17-14-27-19(23-17)15(2)26-6/h8-11,14-15H,7,12-13H2,1-6H3,(H,21,22). The Morgan fingerprint density at radius 3 is 2.78 bits per heavy atom. The molecule has 0 radical (unpaired) electrons. The molecule has 0 saturated carbocycles. The number of hydrogen-bond donors (Lipinski definition) is 1. The maximum Gasteiger partial charge on any atom is 0.194 e. The Hall–Kier alpha value is -2.12. The lowest BCUT2D eigenvalue weighted by molar-refractivity contribution is 0.119. The number of ether oxygens (including phenoxy) is 1. The van der Waals surface area contributed by atoms with E-state index in [1.54, 1.807) is 18.4 Å². The lowest BCUT2D eigenvalue weighted by atomic mass is 10.2. The Labute approximate surface area is 166 Å². The number of thiazole rings is 1. The fraction of sp³-hybridized carbons (Fsp3) is 0.500. The van der Waals surface area contributed by atoms with Crippen LogP contribution in [0.5, 0.6) is 0 Å². The number of benzene rings is 1. The number of hydrogen-bond acceptors (Lipinski definition) is 5. The van der Waals surface area contributed by atoms with Gasteiger partial charge in [0.05, 0.1) is 18.8 Å². The van der Waals surface area contributed by atoms with Gasteiger partial charge in [0.15, 0.2) is 5.96 Å². The molecule has 0 fully saturated rings. The first-order chi connectivity index (χ1) is 12.9. The van der Waals surface area contributed by atoms with Crippen molar-refractivity contribution in [3.63, 3.8) is 0 Å². The van der Waals surface area contributed by atoms with E-state index in [1.165, 1.54) is 11.3 Å². The molecule has 1 N–H and O–H groups in total. The van der Waals surface area contributed by atoms with E-state index in [9.17, 15) is 0 Å². The molecule has 7 heteroatoms. The van der Waals surface area contributed by atoms with Crippen LogP contribution in [-0.4, -0.2) is 50.6 Å². The van der Waals surface area contributed by atoms with Crippen molar-refractivity contribution >= 4 is 23.0 Å². The van der Waals surface area contributed by atoms with Gasteiger partial charge in [-0.2, -0.15) is 0 Å². The summed E-state index contributed by atoms with van der Waals surface area (Å²) in [5.74, 6) is 0.877. The quantitative estimate of drug-likeness (QED) is 0.553. The molecule has 1 atom stereocenters. The molecule has 0 amide bonds. The third-order valence-corrected chi connectivity index (χ3v) is 5.26. The van der Waals surface area contributed by atoms with E-state index in [1.807, 2.05) is 28.1 Å². The average molecular weight is 390 g/mol. The molecule has 6 nitrogen and oxygen atoms in total. The SMILES string of the molecule is CCNC(=NCc1cccc(N(C)C)c1)N(C)Cc1csc(C(C)OC)n1. The molecule has 1 aromatic heterocycles. The van der Waals surface area contributed by atoms with Gasteiger partial charge in [0, 0.05) is 45.9 Å². The fourth-order valence-electron chi connectivity index (χ4n) is 2.57. The van der Waals surface area contributed by atoms with Crippen LogP contribution >= 0.6 is 11.3 Å². The summed E-state index contributed by atoms with van der Waals surface area (Å²) in [6.45, 7) is 6.26. The molecule has 0 aliphatic rings. The fourth-order valence-corrected chi connectivity index (χ4v) is 3.41. The van der Waals surface area contributed by atoms with Crippen molar-refractivity contribution in [1.29, 1.82) is 0 Å². The van der Waals surface area contributed by atoms with E-state index >= 15 is 0 Å². The molecule has 0 aliphatic carbocycles. The Kier molecular flexibility index (Phi) is 8.06. The highest BCUT2D eigenvalue weighted by Gasteiger charge is 2.12. The maximum atomic E-state index is 5.35. The Morgan fingerprint density at radius 2 is 2.11 bits per heavy atom. The van der Waals surface area contributed by atoms with Crippen LogP contribution < -0.4 is 10.2 Å². The predicted molar refractivity (Wildman–Crippen MR) is 115 cm³/mol. The second-order valence-corrected chi connectivity index (χ2v) is 7.54. The number of nitrogens with one attached hydrogen (secondary N) is 1. The summed E-state index contributed by atoms with van der Waals surface area (Å²) < 4.78 is 5.35. The van der Waals surface area contributed by atoms with Gasteiger partial charge >= 0.3 is 0 Å². The van der Waals surface area contributed by atoms with E-state index in [0.717, 1.165) is 23.2 Å². The third-order valence-electron chi connectivity index (χ3n) is 4.20. The largest absolute Gasteiger partial charge is 0.378 e. The first-order valence-corrected chi connectivity index (χ1v) is 10.0. The molecule has 2 rings (SSSR count). The van der Waals surface area contributed by atoms with Gasteiger partial charge in [-0.05, 0) is 31.5 Å². The van der Waals surface area contributed by atoms with Gasteiger partial charge in [-0.1, -0.05) is 12.1 Å². The van der Waals surface area contributed by atoms with E-state index in [2.05, 4.69) is 56.7 Å². The van der Waals surface area contributed by atoms with Gasteiger partial charge in [0.2, 0.25) is 0 Å². The number of rotatable bonds is 8. The molecular formula is C20H31N5OS. The third kappa shape index (κ3) is 6.22. The Morgan fingerprint density at radius 1 is 1.33 bits per heavy atom. The molecule has 0 aliphatic heterocycles. The maximum absolute atomic E-state index is 5.35. The molecule has 1 unspecified atom stereocenters. The van der Waals surface area contributed by atoms with Gasteiger partial charge in [-0.25, -0.2) is 9.98 Å². The van der Waals surface area contributed by atoms with E-state index < -0.39 is 0 Å². The monoisotopic (exact) mass is 389 g/mol. The van der Waals surface area contributed by atoms with E-state index in [0.29, 0.717) is 13.1 Å². The molecule has 0 saturated heterocycles. The summed E-state index contributed by atoms with van der Waals surface area (Å²) in [5.41, 5.74) is 3.40. The van der Waals surface area contributed by atoms with Crippen LogP contribution in [0.15, 0.2) is 34.6 Å². The highest BCUT2D eigenvalue weighted by molar-refractivity contribution is 7.09. The highest BCUT2D eigenvalue weighted by Crippen LogP contribution is 2.21. The van der Waals surface area contributed by atoms with Crippen molar-refractivity contribution in [1.82, 2.24) is 15.2 Å². The Balaban J connectivity index is 2.07. The zero-order chi connectivity index (χ0) is 19.8. The summed E-state index contributed by atoms with van der Waals surface area (Å²) in [7, 11) is 7.84. The topological polar surface area (TPSA) is 53.0 Å². The first kappa shape index (κ1) is 21.2. The van der Waals surface area contributed by atoms with Crippen molar-refractivity contribution in [3.8, 4) is 0 Å². The summed E-state index contributed by atoms with van der Waals surface area (Å²) in [6, 6.07) is 8.46. The zero-order valence-electron chi connectivity index (χ0n) is 17.2. The van der Waals surface area contributed by atoms with E-state index in [-0.39, 0.29) is 6.10 Å². The smallest absolute Gasteiger partial charge is 0.194 e. The molecule has 1 aromatic carbocycles. The van der Waals surface area contributed by atoms with Crippen molar-refractivity contribution in [3.05, 3.63) is 45.9 Å². The number of nitrogens with zero attached hydrogens (tertiary/aromatic N) is 4.